The second-order valence-corrected chi connectivity index (χ2v) is 8.22. The predicted molar refractivity (Wildman–Crippen MR) is 107 cm³/mol. The predicted octanol–water partition coefficient (Wildman–Crippen LogP) is 3.01. The summed E-state index contributed by atoms with van der Waals surface area (Å²) in [6.07, 6.45) is 5.81. The van der Waals surface area contributed by atoms with Crippen molar-refractivity contribution in [3.05, 3.63) is 35.5 Å². The number of likely N-dealkylation sites (tertiary alicyclic amines) is 1. The van der Waals surface area contributed by atoms with E-state index in [0.29, 0.717) is 11.3 Å². The van der Waals surface area contributed by atoms with Crippen LogP contribution in [0.3, 0.4) is 0 Å². The number of rotatable bonds is 5. The highest BCUT2D eigenvalue weighted by Crippen LogP contribution is 2.41. The number of methoxy groups -OCH3 is 1. The van der Waals surface area contributed by atoms with Crippen molar-refractivity contribution in [3.63, 3.8) is 0 Å². The standard InChI is InChI=1S/C20H25N3O3S/c1-26-20(25)14-5-6-15-16(12-21-17(15)11-14)19-23(18(24)13-27-19)10-9-22-7-3-2-4-8-22/h5-6,11-12,19,21H,2-4,7-10,13H2,1H3. The van der Waals surface area contributed by atoms with Gasteiger partial charge in [-0.05, 0) is 38.1 Å². The number of hydrogen-bond donors (Lipinski definition) is 1. The van der Waals surface area contributed by atoms with E-state index in [2.05, 4.69) is 9.88 Å². The van der Waals surface area contributed by atoms with Crippen molar-refractivity contribution in [2.45, 2.75) is 24.6 Å². The molecule has 0 saturated carbocycles. The Hall–Kier alpha value is -1.99. The maximum Gasteiger partial charge on any atom is 0.337 e. The van der Waals surface area contributed by atoms with Gasteiger partial charge in [0.25, 0.3) is 0 Å². The van der Waals surface area contributed by atoms with E-state index >= 15 is 0 Å². The van der Waals surface area contributed by atoms with Gasteiger partial charge in [-0.25, -0.2) is 4.79 Å². The summed E-state index contributed by atoms with van der Waals surface area (Å²) >= 11 is 1.68. The van der Waals surface area contributed by atoms with Crippen LogP contribution in [0.1, 0.15) is 40.6 Å². The molecule has 1 amide bonds. The highest BCUT2D eigenvalue weighted by atomic mass is 32.2. The number of thioether (sulfide) groups is 1. The number of nitrogens with one attached hydrogen (secondary N) is 1. The normalized spacial score (nSPS) is 21.1. The smallest absolute Gasteiger partial charge is 0.337 e. The van der Waals surface area contributed by atoms with Gasteiger partial charge in [0.1, 0.15) is 5.37 Å². The van der Waals surface area contributed by atoms with Crippen molar-refractivity contribution in [1.82, 2.24) is 14.8 Å². The summed E-state index contributed by atoms with van der Waals surface area (Å²) in [5.41, 5.74) is 2.52. The minimum absolute atomic E-state index is 0.0278. The van der Waals surface area contributed by atoms with E-state index in [4.69, 9.17) is 4.74 Å². The number of carbonyl (C=O) groups excluding carboxylic acids is 2. The van der Waals surface area contributed by atoms with Gasteiger partial charge < -0.3 is 19.5 Å². The lowest BCUT2D eigenvalue weighted by Crippen LogP contribution is -2.39. The van der Waals surface area contributed by atoms with Gasteiger partial charge in [-0.1, -0.05) is 12.5 Å². The molecule has 2 aromatic rings. The van der Waals surface area contributed by atoms with E-state index in [-0.39, 0.29) is 17.3 Å². The van der Waals surface area contributed by atoms with Crippen LogP contribution in [-0.4, -0.2) is 65.7 Å². The maximum absolute atomic E-state index is 12.5. The molecule has 0 spiro atoms. The number of carbonyl (C=O) groups is 2. The number of aromatic nitrogens is 1. The van der Waals surface area contributed by atoms with E-state index < -0.39 is 0 Å². The number of hydrogen-bond acceptors (Lipinski definition) is 5. The molecule has 7 heteroatoms. The SMILES string of the molecule is COC(=O)c1ccc2c(C3SCC(=O)N3CCN3CCCCC3)c[nH]c2c1. The van der Waals surface area contributed by atoms with Gasteiger partial charge in [-0.3, -0.25) is 4.79 Å². The molecular weight excluding hydrogens is 362 g/mol. The molecule has 2 fully saturated rings. The Morgan fingerprint density at radius 3 is 2.85 bits per heavy atom. The first-order chi connectivity index (χ1) is 13.2. The van der Waals surface area contributed by atoms with Crippen LogP contribution in [0.4, 0.5) is 0 Å². The topological polar surface area (TPSA) is 65.6 Å². The van der Waals surface area contributed by atoms with Crippen LogP contribution < -0.4 is 0 Å². The fraction of sp³-hybridized carbons (Fsp3) is 0.500. The average molecular weight is 388 g/mol. The highest BCUT2D eigenvalue weighted by Gasteiger charge is 2.34. The molecule has 1 aromatic carbocycles. The summed E-state index contributed by atoms with van der Waals surface area (Å²) < 4.78 is 4.80. The summed E-state index contributed by atoms with van der Waals surface area (Å²) in [5, 5.41) is 1.08. The van der Waals surface area contributed by atoms with Crippen LogP contribution in [0.15, 0.2) is 24.4 Å². The number of nitrogens with zero attached hydrogens (tertiary/aromatic N) is 2. The Morgan fingerprint density at radius 1 is 1.26 bits per heavy atom. The van der Waals surface area contributed by atoms with E-state index in [0.717, 1.165) is 42.6 Å². The van der Waals surface area contributed by atoms with Crippen LogP contribution in [-0.2, 0) is 9.53 Å². The molecule has 2 saturated heterocycles. The van der Waals surface area contributed by atoms with Crippen LogP contribution in [0.25, 0.3) is 10.9 Å². The van der Waals surface area contributed by atoms with E-state index in [1.54, 1.807) is 17.8 Å². The van der Waals surface area contributed by atoms with Crippen molar-refractivity contribution in [2.24, 2.45) is 0 Å². The fourth-order valence-corrected chi connectivity index (χ4v) is 5.23. The fourth-order valence-electron chi connectivity index (χ4n) is 3.98. The van der Waals surface area contributed by atoms with Crippen molar-refractivity contribution >= 4 is 34.5 Å². The molecule has 1 N–H and O–H groups in total. The van der Waals surface area contributed by atoms with Gasteiger partial charge in [0.15, 0.2) is 0 Å². The Balaban J connectivity index is 1.53. The van der Waals surface area contributed by atoms with Gasteiger partial charge in [-0.2, -0.15) is 0 Å². The second-order valence-electron chi connectivity index (χ2n) is 7.15. The summed E-state index contributed by atoms with van der Waals surface area (Å²) in [5.74, 6) is 0.390. The lowest BCUT2D eigenvalue weighted by atomic mass is 10.1. The Bertz CT molecular complexity index is 844. The summed E-state index contributed by atoms with van der Waals surface area (Å²) in [4.78, 5) is 32.0. The lowest BCUT2D eigenvalue weighted by Gasteiger charge is -2.30. The molecule has 1 aromatic heterocycles. The zero-order valence-electron chi connectivity index (χ0n) is 15.6. The van der Waals surface area contributed by atoms with E-state index in [9.17, 15) is 9.59 Å². The molecule has 0 bridgehead atoms. The highest BCUT2D eigenvalue weighted by molar-refractivity contribution is 8.00. The number of benzene rings is 1. The molecule has 3 heterocycles. The average Bonchev–Trinajstić information content (AvgIpc) is 3.29. The number of amides is 1. The number of H-pyrrole nitrogens is 1. The first kappa shape index (κ1) is 18.4. The van der Waals surface area contributed by atoms with Crippen LogP contribution >= 0.6 is 11.8 Å². The molecule has 4 rings (SSSR count). The number of ether oxygens (including phenoxy) is 1. The zero-order chi connectivity index (χ0) is 18.8. The first-order valence-electron chi connectivity index (χ1n) is 9.50. The van der Waals surface area contributed by atoms with Gasteiger partial charge in [0.05, 0.1) is 18.4 Å². The largest absolute Gasteiger partial charge is 0.465 e. The van der Waals surface area contributed by atoms with Gasteiger partial charge in [-0.15, -0.1) is 11.8 Å². The zero-order valence-corrected chi connectivity index (χ0v) is 16.4. The van der Waals surface area contributed by atoms with Gasteiger partial charge in [0.2, 0.25) is 5.91 Å². The summed E-state index contributed by atoms with van der Waals surface area (Å²) in [6.45, 7) is 3.99. The third-order valence-corrected chi connectivity index (χ3v) is 6.71. The van der Waals surface area contributed by atoms with Crippen molar-refractivity contribution in [1.29, 1.82) is 0 Å². The maximum atomic E-state index is 12.5. The monoisotopic (exact) mass is 387 g/mol. The van der Waals surface area contributed by atoms with Gasteiger partial charge in [0, 0.05) is 35.8 Å². The summed E-state index contributed by atoms with van der Waals surface area (Å²) in [6, 6.07) is 5.54. The number of fused-ring (bicyclic) bond motifs is 1. The summed E-state index contributed by atoms with van der Waals surface area (Å²) in [7, 11) is 1.38. The van der Waals surface area contributed by atoms with Crippen molar-refractivity contribution < 1.29 is 14.3 Å². The molecule has 0 aliphatic carbocycles. The molecule has 144 valence electrons. The minimum Gasteiger partial charge on any atom is -0.465 e. The molecule has 6 nitrogen and oxygen atoms in total. The number of piperidine rings is 1. The van der Waals surface area contributed by atoms with Crippen LogP contribution in [0, 0.1) is 0 Å². The molecule has 1 unspecified atom stereocenters. The van der Waals surface area contributed by atoms with Crippen molar-refractivity contribution in [2.75, 3.05) is 39.0 Å². The third-order valence-electron chi connectivity index (χ3n) is 5.47. The van der Waals surface area contributed by atoms with E-state index in [1.807, 2.05) is 23.2 Å². The Morgan fingerprint density at radius 2 is 2.07 bits per heavy atom. The lowest BCUT2D eigenvalue weighted by molar-refractivity contribution is -0.128. The van der Waals surface area contributed by atoms with Crippen LogP contribution in [0.2, 0.25) is 0 Å². The molecule has 2 aliphatic heterocycles. The molecule has 1 atom stereocenters. The van der Waals surface area contributed by atoms with Crippen molar-refractivity contribution in [3.8, 4) is 0 Å². The molecular formula is C20H25N3O3S. The molecule has 0 radical (unpaired) electrons. The Labute approximate surface area is 163 Å². The molecule has 2 aliphatic rings. The third kappa shape index (κ3) is 3.71. The first-order valence-corrected chi connectivity index (χ1v) is 10.5. The number of esters is 1. The quantitative estimate of drug-likeness (QED) is 0.799. The molecule has 27 heavy (non-hydrogen) atoms. The van der Waals surface area contributed by atoms with Gasteiger partial charge >= 0.3 is 5.97 Å². The number of aromatic amines is 1. The second kappa shape index (κ2) is 7.94. The Kier molecular flexibility index (Phi) is 5.41. The van der Waals surface area contributed by atoms with E-state index in [1.165, 1.54) is 26.4 Å². The van der Waals surface area contributed by atoms with Crippen LogP contribution in [0.5, 0.6) is 0 Å². The minimum atomic E-state index is -0.346.